The molecule has 2 aliphatic heterocycles. The molecular formula is C62H49BN2S2. The molecule has 0 saturated carbocycles. The minimum Gasteiger partial charge on any atom is -0.376 e. The second-order valence-electron chi connectivity index (χ2n) is 20.5. The molecule has 0 fully saturated rings. The van der Waals surface area contributed by atoms with E-state index in [1.807, 2.05) is 22.7 Å². The summed E-state index contributed by atoms with van der Waals surface area (Å²) in [5, 5.41) is 5.22. The number of anilines is 5. The van der Waals surface area contributed by atoms with Crippen LogP contribution >= 0.6 is 22.7 Å². The van der Waals surface area contributed by atoms with Crippen LogP contribution in [0.2, 0.25) is 0 Å². The molecule has 4 heterocycles. The molecule has 67 heavy (non-hydrogen) atoms. The van der Waals surface area contributed by atoms with Crippen molar-refractivity contribution in [3.8, 4) is 33.4 Å². The van der Waals surface area contributed by atoms with E-state index in [4.69, 9.17) is 0 Å². The van der Waals surface area contributed by atoms with Crippen molar-refractivity contribution in [2.45, 2.75) is 52.4 Å². The lowest BCUT2D eigenvalue weighted by Crippen LogP contribution is -2.61. The van der Waals surface area contributed by atoms with Crippen molar-refractivity contribution in [1.82, 2.24) is 0 Å². The Bertz CT molecular complexity index is 3780. The summed E-state index contributed by atoms with van der Waals surface area (Å²) < 4.78 is 5.26. The molecule has 0 amide bonds. The summed E-state index contributed by atoms with van der Waals surface area (Å²) in [6, 6.07) is 71.5. The van der Waals surface area contributed by atoms with Crippen LogP contribution in [-0.2, 0) is 10.8 Å². The highest BCUT2D eigenvalue weighted by Crippen LogP contribution is 2.55. The van der Waals surface area contributed by atoms with E-state index in [1.165, 1.54) is 124 Å². The van der Waals surface area contributed by atoms with Gasteiger partial charge < -0.3 is 9.71 Å². The SMILES string of the molecule is CC(C)(C)c1ccc(N2B3c4ccc5sc6ccccc6c5c4N(c4ccc(C(C)(C)C)cc4-c4ccccc4)c4cc5c(sc6ccccc65)c(c43)-c3ccc(-c4ccccc4)cc32)cc1. The number of benzene rings is 9. The van der Waals surface area contributed by atoms with Crippen LogP contribution in [0.5, 0.6) is 0 Å². The van der Waals surface area contributed by atoms with Crippen LogP contribution in [0.15, 0.2) is 188 Å². The molecule has 2 aromatic heterocycles. The van der Waals surface area contributed by atoms with Gasteiger partial charge in [0.05, 0.1) is 11.4 Å². The van der Waals surface area contributed by atoms with Gasteiger partial charge in [-0.15, -0.1) is 22.7 Å². The van der Waals surface area contributed by atoms with Gasteiger partial charge in [0.2, 0.25) is 0 Å². The van der Waals surface area contributed by atoms with E-state index < -0.39 is 0 Å². The number of nitrogens with zero attached hydrogens (tertiary/aromatic N) is 2. The molecule has 0 saturated heterocycles. The fourth-order valence-electron chi connectivity index (χ4n) is 11.0. The standard InChI is InChI=1S/C62H49BN2S2/c1-61(2,3)41-26-29-43(30-27-41)65-51-35-40(38-17-9-7-10-18-38)25-31-45(51)57-58-52(37-48-44-21-13-15-23-53(44)67-60(48)57)64(50-33-28-42(62(4,5)6)36-47(50)39-19-11-8-12-20-39)59-49(63(58)65)32-34-55-56(59)46-22-14-16-24-54(46)66-55/h7-37H,1-6H3. The molecule has 0 unspecified atom stereocenters. The lowest BCUT2D eigenvalue weighted by atomic mass is 9.43. The first-order valence-corrected chi connectivity index (χ1v) is 25.2. The first-order valence-electron chi connectivity index (χ1n) is 23.5. The quantitative estimate of drug-likeness (QED) is 0.162. The highest BCUT2D eigenvalue weighted by Gasteiger charge is 2.47. The van der Waals surface area contributed by atoms with Crippen molar-refractivity contribution in [3.05, 3.63) is 199 Å². The maximum absolute atomic E-state index is 2.69. The van der Waals surface area contributed by atoms with Gasteiger partial charge in [-0.1, -0.05) is 175 Å². The lowest BCUT2D eigenvalue weighted by Gasteiger charge is -2.46. The second-order valence-corrected chi connectivity index (χ2v) is 22.6. The maximum Gasteiger partial charge on any atom is 0.333 e. The predicted octanol–water partition coefficient (Wildman–Crippen LogP) is 17.1. The molecule has 0 radical (unpaired) electrons. The van der Waals surface area contributed by atoms with Gasteiger partial charge in [0.15, 0.2) is 0 Å². The lowest BCUT2D eigenvalue weighted by molar-refractivity contribution is 0.590. The molecule has 2 aliphatic rings. The molecule has 11 aromatic rings. The van der Waals surface area contributed by atoms with E-state index in [9.17, 15) is 0 Å². The van der Waals surface area contributed by atoms with Crippen molar-refractivity contribution in [2.24, 2.45) is 0 Å². The topological polar surface area (TPSA) is 6.48 Å². The number of rotatable bonds is 4. The monoisotopic (exact) mass is 896 g/mol. The molecule has 2 nitrogen and oxygen atoms in total. The van der Waals surface area contributed by atoms with Gasteiger partial charge in [0, 0.05) is 74.1 Å². The molecule has 0 bridgehead atoms. The Morgan fingerprint density at radius 1 is 0.433 bits per heavy atom. The average Bonchev–Trinajstić information content (AvgIpc) is 3.92. The molecule has 0 spiro atoms. The third kappa shape index (κ3) is 6.21. The fourth-order valence-corrected chi connectivity index (χ4v) is 13.4. The van der Waals surface area contributed by atoms with Crippen LogP contribution < -0.4 is 20.6 Å². The number of hydrogen-bond donors (Lipinski definition) is 0. The summed E-state index contributed by atoms with van der Waals surface area (Å²) in [6.45, 7) is 13.8. The van der Waals surface area contributed by atoms with Crippen LogP contribution in [0.1, 0.15) is 52.7 Å². The highest BCUT2D eigenvalue weighted by atomic mass is 32.1. The van der Waals surface area contributed by atoms with E-state index in [1.54, 1.807) is 0 Å². The van der Waals surface area contributed by atoms with Crippen molar-refractivity contribution in [1.29, 1.82) is 0 Å². The van der Waals surface area contributed by atoms with Gasteiger partial charge in [-0.2, -0.15) is 0 Å². The first-order chi connectivity index (χ1) is 32.5. The van der Waals surface area contributed by atoms with Crippen LogP contribution in [0.25, 0.3) is 73.7 Å². The zero-order valence-corrected chi connectivity index (χ0v) is 40.3. The van der Waals surface area contributed by atoms with Gasteiger partial charge in [-0.05, 0) is 104 Å². The molecule has 13 rings (SSSR count). The van der Waals surface area contributed by atoms with E-state index in [0.717, 1.165) is 0 Å². The van der Waals surface area contributed by atoms with Crippen LogP contribution in [0, 0.1) is 0 Å². The van der Waals surface area contributed by atoms with E-state index >= 15 is 0 Å². The Balaban J connectivity index is 1.23. The minimum atomic E-state index is -0.137. The van der Waals surface area contributed by atoms with Gasteiger partial charge in [0.1, 0.15) is 0 Å². The Kier molecular flexibility index (Phi) is 8.91. The maximum atomic E-state index is 2.69. The summed E-state index contributed by atoms with van der Waals surface area (Å²) in [5.41, 5.74) is 18.9. The molecule has 322 valence electrons. The second kappa shape index (κ2) is 14.8. The van der Waals surface area contributed by atoms with Crippen LogP contribution in [0.3, 0.4) is 0 Å². The first kappa shape index (κ1) is 40.4. The van der Waals surface area contributed by atoms with Gasteiger partial charge in [-0.3, -0.25) is 0 Å². The van der Waals surface area contributed by atoms with Crippen molar-refractivity contribution < 1.29 is 0 Å². The zero-order chi connectivity index (χ0) is 45.3. The van der Waals surface area contributed by atoms with Crippen LogP contribution in [0.4, 0.5) is 28.4 Å². The summed E-state index contributed by atoms with van der Waals surface area (Å²) in [7, 11) is 0. The molecule has 0 N–H and O–H groups in total. The highest BCUT2D eigenvalue weighted by molar-refractivity contribution is 7.27. The molecule has 5 heteroatoms. The molecule has 9 aromatic carbocycles. The summed E-state index contributed by atoms with van der Waals surface area (Å²) >= 11 is 3.84. The summed E-state index contributed by atoms with van der Waals surface area (Å²) in [4.78, 5) is 5.38. The van der Waals surface area contributed by atoms with Crippen molar-refractivity contribution in [2.75, 3.05) is 9.71 Å². The third-order valence-electron chi connectivity index (χ3n) is 14.4. The Morgan fingerprint density at radius 3 is 1.79 bits per heavy atom. The van der Waals surface area contributed by atoms with Crippen molar-refractivity contribution in [3.63, 3.8) is 0 Å². The van der Waals surface area contributed by atoms with Gasteiger partial charge in [-0.25, -0.2) is 0 Å². The van der Waals surface area contributed by atoms with Crippen LogP contribution in [-0.4, -0.2) is 6.85 Å². The minimum absolute atomic E-state index is 0.0217. The fraction of sp³-hybridized carbons (Fsp3) is 0.129. The summed E-state index contributed by atoms with van der Waals surface area (Å²) in [6.07, 6.45) is 0. The molecule has 0 aliphatic carbocycles. The number of hydrogen-bond acceptors (Lipinski definition) is 4. The Labute approximate surface area is 401 Å². The van der Waals surface area contributed by atoms with Gasteiger partial charge >= 0.3 is 6.85 Å². The number of fused-ring (bicyclic) bond motifs is 12. The predicted molar refractivity (Wildman–Crippen MR) is 294 cm³/mol. The van der Waals surface area contributed by atoms with Crippen molar-refractivity contribution >= 4 is 109 Å². The average molecular weight is 897 g/mol. The van der Waals surface area contributed by atoms with E-state index in [2.05, 4.69) is 239 Å². The third-order valence-corrected chi connectivity index (χ3v) is 16.7. The van der Waals surface area contributed by atoms with E-state index in [0.29, 0.717) is 0 Å². The summed E-state index contributed by atoms with van der Waals surface area (Å²) in [5.74, 6) is 0. The van der Waals surface area contributed by atoms with Gasteiger partial charge in [0.25, 0.3) is 0 Å². The smallest absolute Gasteiger partial charge is 0.333 e. The molecular weight excluding hydrogens is 848 g/mol. The number of thiophene rings is 2. The Morgan fingerprint density at radius 2 is 1.07 bits per heavy atom. The zero-order valence-electron chi connectivity index (χ0n) is 38.7. The normalized spacial score (nSPS) is 13.4. The Hall–Kier alpha value is -6.92. The molecule has 0 atom stereocenters. The van der Waals surface area contributed by atoms with E-state index in [-0.39, 0.29) is 17.7 Å². The largest absolute Gasteiger partial charge is 0.376 e.